The van der Waals surface area contributed by atoms with Crippen LogP contribution in [0.4, 0.5) is 5.69 Å². The minimum atomic E-state index is 0.245. The van der Waals surface area contributed by atoms with Crippen LogP contribution in [0.2, 0.25) is 0 Å². The Hall–Kier alpha value is -1.48. The molecular formula is C16H18BrNO. The van der Waals surface area contributed by atoms with Crippen molar-refractivity contribution >= 4 is 21.6 Å². The molecule has 0 fully saturated rings. The molecule has 1 atom stereocenters. The van der Waals surface area contributed by atoms with Gasteiger partial charge in [0.05, 0.1) is 6.61 Å². The summed E-state index contributed by atoms with van der Waals surface area (Å²) in [4.78, 5) is 0. The standard InChI is InChI=1S/C16H18BrNO/c1-3-19-14-10-8-13(9-11-14)12(2)18-16-7-5-4-6-15(16)17/h4-12,18H,3H2,1-2H3. The smallest absolute Gasteiger partial charge is 0.119 e. The monoisotopic (exact) mass is 319 g/mol. The molecule has 0 aliphatic heterocycles. The number of hydrogen-bond acceptors (Lipinski definition) is 2. The van der Waals surface area contributed by atoms with Gasteiger partial charge in [0.25, 0.3) is 0 Å². The Labute approximate surface area is 122 Å². The number of hydrogen-bond donors (Lipinski definition) is 1. The molecule has 0 radical (unpaired) electrons. The lowest BCUT2D eigenvalue weighted by molar-refractivity contribution is 0.340. The summed E-state index contributed by atoms with van der Waals surface area (Å²) in [5, 5.41) is 3.49. The second-order valence-corrected chi connectivity index (χ2v) is 5.20. The molecule has 0 aromatic heterocycles. The quantitative estimate of drug-likeness (QED) is 0.835. The predicted octanol–water partition coefficient (Wildman–Crippen LogP) is 5.02. The van der Waals surface area contributed by atoms with E-state index in [9.17, 15) is 0 Å². The van der Waals surface area contributed by atoms with Crippen molar-refractivity contribution in [2.24, 2.45) is 0 Å². The lowest BCUT2D eigenvalue weighted by Gasteiger charge is -2.17. The molecule has 0 heterocycles. The topological polar surface area (TPSA) is 21.3 Å². The number of nitrogens with one attached hydrogen (secondary N) is 1. The number of benzene rings is 2. The van der Waals surface area contributed by atoms with E-state index in [-0.39, 0.29) is 6.04 Å². The molecule has 100 valence electrons. The van der Waals surface area contributed by atoms with Gasteiger partial charge in [-0.05, 0) is 59.6 Å². The molecule has 0 spiro atoms. The van der Waals surface area contributed by atoms with Gasteiger partial charge in [0, 0.05) is 16.2 Å². The van der Waals surface area contributed by atoms with Crippen molar-refractivity contribution in [1.82, 2.24) is 0 Å². The van der Waals surface area contributed by atoms with Gasteiger partial charge in [-0.15, -0.1) is 0 Å². The molecule has 1 N–H and O–H groups in total. The molecule has 2 rings (SSSR count). The van der Waals surface area contributed by atoms with Crippen LogP contribution in [0.1, 0.15) is 25.5 Å². The van der Waals surface area contributed by atoms with Crippen LogP contribution in [-0.4, -0.2) is 6.61 Å². The summed E-state index contributed by atoms with van der Waals surface area (Å²) in [6, 6.07) is 16.6. The molecule has 0 saturated heterocycles. The van der Waals surface area contributed by atoms with Crippen molar-refractivity contribution in [3.8, 4) is 5.75 Å². The third-order valence-electron chi connectivity index (χ3n) is 2.94. The summed E-state index contributed by atoms with van der Waals surface area (Å²) in [5.41, 5.74) is 2.34. The van der Waals surface area contributed by atoms with Gasteiger partial charge in [-0.25, -0.2) is 0 Å². The molecule has 0 saturated carbocycles. The largest absolute Gasteiger partial charge is 0.494 e. The van der Waals surface area contributed by atoms with E-state index in [0.717, 1.165) is 15.9 Å². The van der Waals surface area contributed by atoms with Crippen LogP contribution in [0.25, 0.3) is 0 Å². The van der Waals surface area contributed by atoms with Crippen LogP contribution in [0, 0.1) is 0 Å². The lowest BCUT2D eigenvalue weighted by atomic mass is 10.1. The fraction of sp³-hybridized carbons (Fsp3) is 0.250. The second kappa shape index (κ2) is 6.62. The SMILES string of the molecule is CCOc1ccc(C(C)Nc2ccccc2Br)cc1. The predicted molar refractivity (Wildman–Crippen MR) is 83.8 cm³/mol. The Morgan fingerprint density at radius 1 is 1.11 bits per heavy atom. The molecule has 0 amide bonds. The lowest BCUT2D eigenvalue weighted by Crippen LogP contribution is -2.06. The van der Waals surface area contributed by atoms with Crippen molar-refractivity contribution in [3.05, 3.63) is 58.6 Å². The first kappa shape index (κ1) is 13.9. The fourth-order valence-corrected chi connectivity index (χ4v) is 2.31. The fourth-order valence-electron chi connectivity index (χ4n) is 1.91. The number of ether oxygens (including phenoxy) is 1. The highest BCUT2D eigenvalue weighted by atomic mass is 79.9. The molecule has 0 aliphatic carbocycles. The number of anilines is 1. The Bertz CT molecular complexity index is 525. The van der Waals surface area contributed by atoms with Crippen LogP contribution in [-0.2, 0) is 0 Å². The number of halogens is 1. The van der Waals surface area contributed by atoms with E-state index in [1.807, 2.05) is 37.3 Å². The third-order valence-corrected chi connectivity index (χ3v) is 3.63. The van der Waals surface area contributed by atoms with Crippen LogP contribution < -0.4 is 10.1 Å². The van der Waals surface area contributed by atoms with Gasteiger partial charge >= 0.3 is 0 Å². The summed E-state index contributed by atoms with van der Waals surface area (Å²) >= 11 is 3.55. The average Bonchev–Trinajstić information content (AvgIpc) is 2.42. The zero-order valence-electron chi connectivity index (χ0n) is 11.2. The highest BCUT2D eigenvalue weighted by molar-refractivity contribution is 9.10. The minimum absolute atomic E-state index is 0.245. The van der Waals surface area contributed by atoms with Crippen molar-refractivity contribution < 1.29 is 4.74 Å². The Kier molecular flexibility index (Phi) is 4.86. The summed E-state index contributed by atoms with van der Waals surface area (Å²) in [7, 11) is 0. The van der Waals surface area contributed by atoms with Gasteiger partial charge in [-0.1, -0.05) is 24.3 Å². The van der Waals surface area contributed by atoms with Gasteiger partial charge in [-0.2, -0.15) is 0 Å². The Morgan fingerprint density at radius 3 is 2.42 bits per heavy atom. The normalized spacial score (nSPS) is 11.9. The maximum atomic E-state index is 5.45. The van der Waals surface area contributed by atoms with Crippen LogP contribution >= 0.6 is 15.9 Å². The van der Waals surface area contributed by atoms with Crippen LogP contribution in [0.3, 0.4) is 0 Å². The van der Waals surface area contributed by atoms with E-state index in [2.05, 4.69) is 46.4 Å². The summed E-state index contributed by atoms with van der Waals surface area (Å²) in [6.45, 7) is 4.84. The number of para-hydroxylation sites is 1. The molecule has 2 aromatic carbocycles. The molecule has 2 nitrogen and oxygen atoms in total. The zero-order chi connectivity index (χ0) is 13.7. The number of rotatable bonds is 5. The molecule has 3 heteroatoms. The van der Waals surface area contributed by atoms with Crippen molar-refractivity contribution in [2.75, 3.05) is 11.9 Å². The van der Waals surface area contributed by atoms with Gasteiger partial charge in [0.15, 0.2) is 0 Å². The van der Waals surface area contributed by atoms with E-state index in [4.69, 9.17) is 4.74 Å². The first-order chi connectivity index (χ1) is 9.20. The molecule has 19 heavy (non-hydrogen) atoms. The van der Waals surface area contributed by atoms with E-state index in [0.29, 0.717) is 6.61 Å². The average molecular weight is 320 g/mol. The first-order valence-electron chi connectivity index (χ1n) is 6.44. The molecule has 0 aliphatic rings. The first-order valence-corrected chi connectivity index (χ1v) is 7.24. The summed E-state index contributed by atoms with van der Waals surface area (Å²) < 4.78 is 6.53. The zero-order valence-corrected chi connectivity index (χ0v) is 12.8. The van der Waals surface area contributed by atoms with Gasteiger partial charge in [-0.3, -0.25) is 0 Å². The van der Waals surface area contributed by atoms with Gasteiger partial charge in [0.2, 0.25) is 0 Å². The van der Waals surface area contributed by atoms with E-state index < -0.39 is 0 Å². The Morgan fingerprint density at radius 2 is 1.79 bits per heavy atom. The van der Waals surface area contributed by atoms with E-state index in [1.54, 1.807) is 0 Å². The third kappa shape index (κ3) is 3.74. The highest BCUT2D eigenvalue weighted by Crippen LogP contribution is 2.26. The maximum absolute atomic E-state index is 5.45. The van der Waals surface area contributed by atoms with Crippen LogP contribution in [0.15, 0.2) is 53.0 Å². The highest BCUT2D eigenvalue weighted by Gasteiger charge is 2.07. The molecular weight excluding hydrogens is 302 g/mol. The van der Waals surface area contributed by atoms with Gasteiger partial charge in [0.1, 0.15) is 5.75 Å². The molecule has 1 unspecified atom stereocenters. The van der Waals surface area contributed by atoms with Crippen molar-refractivity contribution in [3.63, 3.8) is 0 Å². The van der Waals surface area contributed by atoms with Crippen molar-refractivity contribution in [2.45, 2.75) is 19.9 Å². The maximum Gasteiger partial charge on any atom is 0.119 e. The molecule has 2 aromatic rings. The van der Waals surface area contributed by atoms with Crippen LogP contribution in [0.5, 0.6) is 5.75 Å². The summed E-state index contributed by atoms with van der Waals surface area (Å²) in [6.07, 6.45) is 0. The van der Waals surface area contributed by atoms with Crippen molar-refractivity contribution in [1.29, 1.82) is 0 Å². The summed E-state index contributed by atoms with van der Waals surface area (Å²) in [5.74, 6) is 0.916. The van der Waals surface area contributed by atoms with E-state index in [1.165, 1.54) is 5.56 Å². The second-order valence-electron chi connectivity index (χ2n) is 4.35. The van der Waals surface area contributed by atoms with E-state index >= 15 is 0 Å². The minimum Gasteiger partial charge on any atom is -0.494 e. The van der Waals surface area contributed by atoms with Gasteiger partial charge < -0.3 is 10.1 Å². The molecule has 0 bridgehead atoms. The Balaban J connectivity index is 2.07.